The van der Waals surface area contributed by atoms with Gasteiger partial charge >= 0.3 is 0 Å². The first-order chi connectivity index (χ1) is 13.8. The Morgan fingerprint density at radius 1 is 1.13 bits per heavy atom. The van der Waals surface area contributed by atoms with Crippen molar-refractivity contribution >= 4 is 59.0 Å². The number of rotatable bonds is 8. The van der Waals surface area contributed by atoms with Gasteiger partial charge in [0.1, 0.15) is 0 Å². The van der Waals surface area contributed by atoms with Crippen molar-refractivity contribution in [3.63, 3.8) is 0 Å². The molecular weight excluding hydrogens is 540 g/mol. The zero-order valence-corrected chi connectivity index (χ0v) is 21.6. The van der Waals surface area contributed by atoms with Crippen molar-refractivity contribution < 1.29 is 9.53 Å². The van der Waals surface area contributed by atoms with Gasteiger partial charge in [0.2, 0.25) is 0 Å². The second kappa shape index (κ2) is 13.6. The van der Waals surface area contributed by atoms with Crippen molar-refractivity contribution in [1.82, 2.24) is 20.9 Å². The Labute approximate surface area is 206 Å². The summed E-state index contributed by atoms with van der Waals surface area (Å²) in [5.74, 6) is 0.540. The first-order valence-electron chi connectivity index (χ1n) is 9.91. The Morgan fingerprint density at radius 2 is 1.80 bits per heavy atom. The first-order valence-corrected chi connectivity index (χ1v) is 10.7. The molecule has 1 saturated heterocycles. The van der Waals surface area contributed by atoms with Crippen LogP contribution in [0.5, 0.6) is 0 Å². The highest BCUT2D eigenvalue weighted by Crippen LogP contribution is 2.22. The van der Waals surface area contributed by atoms with Crippen LogP contribution in [0.4, 0.5) is 0 Å². The molecule has 7 nitrogen and oxygen atoms in total. The lowest BCUT2D eigenvalue weighted by Gasteiger charge is -2.39. The van der Waals surface area contributed by atoms with Crippen molar-refractivity contribution in [3.8, 4) is 0 Å². The molecule has 0 radical (unpaired) electrons. The summed E-state index contributed by atoms with van der Waals surface area (Å²) in [5, 5.41) is 10.1. The van der Waals surface area contributed by atoms with E-state index < -0.39 is 0 Å². The standard InChI is InChI=1S/C20H31Cl2N5O2.HI/c1-4-23-19(26-14-20(2,3)27-9-11-29-12-10-27)25-8-7-24-18(28)15-5-6-16(21)17(22)13-15;/h5-6,13H,4,7-12,14H2,1-3H3,(H,24,28)(H2,23,25,26);1H. The molecule has 170 valence electrons. The lowest BCUT2D eigenvalue weighted by molar-refractivity contribution is -0.00683. The molecule has 1 aliphatic rings. The average molecular weight is 572 g/mol. The van der Waals surface area contributed by atoms with Gasteiger partial charge in [-0.05, 0) is 39.0 Å². The maximum atomic E-state index is 12.2. The molecule has 10 heteroatoms. The summed E-state index contributed by atoms with van der Waals surface area (Å²) in [6, 6.07) is 4.82. The number of carbonyl (C=O) groups excluding carboxylic acids is 1. The number of halogens is 3. The predicted octanol–water partition coefficient (Wildman–Crippen LogP) is 3.01. The summed E-state index contributed by atoms with van der Waals surface area (Å²) in [7, 11) is 0. The maximum absolute atomic E-state index is 12.2. The van der Waals surface area contributed by atoms with Crippen LogP contribution in [-0.2, 0) is 4.74 Å². The number of hydrogen-bond acceptors (Lipinski definition) is 4. The molecule has 1 aliphatic heterocycles. The molecule has 1 amide bonds. The molecule has 0 aromatic heterocycles. The zero-order valence-electron chi connectivity index (χ0n) is 17.8. The second-order valence-electron chi connectivity index (χ2n) is 7.42. The van der Waals surface area contributed by atoms with Crippen LogP contribution in [0.1, 0.15) is 31.1 Å². The van der Waals surface area contributed by atoms with Crippen LogP contribution >= 0.6 is 47.2 Å². The maximum Gasteiger partial charge on any atom is 0.251 e. The van der Waals surface area contributed by atoms with Gasteiger partial charge in [0.05, 0.1) is 29.8 Å². The number of amides is 1. The fraction of sp³-hybridized carbons (Fsp3) is 0.600. The minimum absolute atomic E-state index is 0. The van der Waals surface area contributed by atoms with Gasteiger partial charge in [-0.25, -0.2) is 0 Å². The molecule has 0 aliphatic carbocycles. The van der Waals surface area contributed by atoms with E-state index in [0.29, 0.717) is 35.2 Å². The molecule has 0 saturated carbocycles. The number of nitrogens with zero attached hydrogens (tertiary/aromatic N) is 2. The number of benzene rings is 1. The topological polar surface area (TPSA) is 78.0 Å². The highest BCUT2D eigenvalue weighted by molar-refractivity contribution is 14.0. The second-order valence-corrected chi connectivity index (χ2v) is 8.23. The van der Waals surface area contributed by atoms with Crippen LogP contribution < -0.4 is 16.0 Å². The van der Waals surface area contributed by atoms with Crippen molar-refractivity contribution in [3.05, 3.63) is 33.8 Å². The Balaban J connectivity index is 0.00000450. The lowest BCUT2D eigenvalue weighted by Crippen LogP contribution is -2.52. The van der Waals surface area contributed by atoms with Crippen LogP contribution in [0.15, 0.2) is 23.2 Å². The van der Waals surface area contributed by atoms with E-state index in [-0.39, 0.29) is 35.4 Å². The minimum atomic E-state index is -0.194. The molecule has 0 atom stereocenters. The number of ether oxygens (including phenoxy) is 1. The smallest absolute Gasteiger partial charge is 0.251 e. The van der Waals surface area contributed by atoms with E-state index in [1.807, 2.05) is 6.92 Å². The molecule has 2 rings (SSSR count). The van der Waals surface area contributed by atoms with Gasteiger partial charge in [-0.3, -0.25) is 14.7 Å². The molecule has 0 spiro atoms. The fourth-order valence-corrected chi connectivity index (χ4v) is 3.28. The number of aliphatic imine (C=N–C) groups is 1. The molecule has 1 aromatic rings. The number of guanidine groups is 1. The average Bonchev–Trinajstić information content (AvgIpc) is 2.71. The van der Waals surface area contributed by atoms with Gasteiger partial charge in [-0.2, -0.15) is 0 Å². The van der Waals surface area contributed by atoms with E-state index in [0.717, 1.165) is 38.8 Å². The Bertz CT molecular complexity index is 712. The number of morpholine rings is 1. The highest BCUT2D eigenvalue weighted by Gasteiger charge is 2.28. The Kier molecular flexibility index (Phi) is 12.3. The van der Waals surface area contributed by atoms with Gasteiger partial charge in [0.15, 0.2) is 5.96 Å². The third kappa shape index (κ3) is 8.74. The first kappa shape index (κ1) is 27.2. The number of carbonyl (C=O) groups is 1. The van der Waals surface area contributed by atoms with Crippen LogP contribution in [0.3, 0.4) is 0 Å². The Hall–Kier alpha value is -0.810. The molecule has 0 unspecified atom stereocenters. The molecular formula is C20H32Cl2IN5O2. The normalized spacial score (nSPS) is 15.3. The van der Waals surface area contributed by atoms with Gasteiger partial charge in [0.25, 0.3) is 5.91 Å². The van der Waals surface area contributed by atoms with E-state index in [1.54, 1.807) is 18.2 Å². The third-order valence-corrected chi connectivity index (χ3v) is 5.46. The Morgan fingerprint density at radius 3 is 2.43 bits per heavy atom. The molecule has 1 fully saturated rings. The summed E-state index contributed by atoms with van der Waals surface area (Å²) in [6.07, 6.45) is 0. The summed E-state index contributed by atoms with van der Waals surface area (Å²) >= 11 is 11.8. The van der Waals surface area contributed by atoms with Crippen LogP contribution in [-0.4, -0.2) is 74.8 Å². The summed E-state index contributed by atoms with van der Waals surface area (Å²) in [4.78, 5) is 19.3. The summed E-state index contributed by atoms with van der Waals surface area (Å²) in [5.41, 5.74) is 0.431. The van der Waals surface area contributed by atoms with E-state index in [2.05, 4.69) is 34.7 Å². The highest BCUT2D eigenvalue weighted by atomic mass is 127. The third-order valence-electron chi connectivity index (χ3n) is 4.72. The predicted molar refractivity (Wildman–Crippen MR) is 135 cm³/mol. The molecule has 1 aromatic carbocycles. The van der Waals surface area contributed by atoms with Crippen LogP contribution in [0.2, 0.25) is 10.0 Å². The lowest BCUT2D eigenvalue weighted by atomic mass is 10.0. The van der Waals surface area contributed by atoms with Crippen LogP contribution in [0, 0.1) is 0 Å². The van der Waals surface area contributed by atoms with Crippen LogP contribution in [0.25, 0.3) is 0 Å². The van der Waals surface area contributed by atoms with E-state index in [9.17, 15) is 4.79 Å². The largest absolute Gasteiger partial charge is 0.379 e. The number of hydrogen-bond donors (Lipinski definition) is 3. The van der Waals surface area contributed by atoms with E-state index >= 15 is 0 Å². The monoisotopic (exact) mass is 571 g/mol. The van der Waals surface area contributed by atoms with E-state index in [4.69, 9.17) is 32.9 Å². The van der Waals surface area contributed by atoms with Gasteiger partial charge in [-0.1, -0.05) is 23.2 Å². The summed E-state index contributed by atoms with van der Waals surface area (Å²) < 4.78 is 5.44. The van der Waals surface area contributed by atoms with Gasteiger partial charge in [-0.15, -0.1) is 24.0 Å². The molecule has 0 bridgehead atoms. The van der Waals surface area contributed by atoms with E-state index in [1.165, 1.54) is 0 Å². The fourth-order valence-electron chi connectivity index (χ4n) is 2.98. The van der Waals surface area contributed by atoms with Crippen molar-refractivity contribution in [1.29, 1.82) is 0 Å². The number of nitrogens with one attached hydrogen (secondary N) is 3. The van der Waals surface area contributed by atoms with Gasteiger partial charge < -0.3 is 20.7 Å². The van der Waals surface area contributed by atoms with Gasteiger partial charge in [0, 0.05) is 43.8 Å². The van der Waals surface area contributed by atoms with Crippen molar-refractivity contribution in [2.45, 2.75) is 26.3 Å². The minimum Gasteiger partial charge on any atom is -0.379 e. The quantitative estimate of drug-likeness (QED) is 0.193. The SMILES string of the molecule is CCNC(=NCC(C)(C)N1CCOCC1)NCCNC(=O)c1ccc(Cl)c(Cl)c1.I. The molecule has 30 heavy (non-hydrogen) atoms. The van der Waals surface area contributed by atoms with Crippen molar-refractivity contribution in [2.75, 3.05) is 52.5 Å². The molecule has 1 heterocycles. The zero-order chi connectivity index (χ0) is 21.3. The summed E-state index contributed by atoms with van der Waals surface area (Å²) in [6.45, 7) is 12.2. The molecule has 3 N–H and O–H groups in total. The van der Waals surface area contributed by atoms with Crippen molar-refractivity contribution in [2.24, 2.45) is 4.99 Å².